The summed E-state index contributed by atoms with van der Waals surface area (Å²) >= 11 is 0. The van der Waals surface area contributed by atoms with Gasteiger partial charge in [-0.2, -0.15) is 0 Å². The van der Waals surface area contributed by atoms with E-state index >= 15 is 0 Å². The van der Waals surface area contributed by atoms with Crippen LogP contribution in [0.5, 0.6) is 11.5 Å². The second kappa shape index (κ2) is 11.9. The molecular weight excluding hydrogens is 416 g/mol. The van der Waals surface area contributed by atoms with E-state index in [0.29, 0.717) is 36.8 Å². The molecule has 7 nitrogen and oxygen atoms in total. The Labute approximate surface area is 198 Å². The highest BCUT2D eigenvalue weighted by atomic mass is 16.5. The third-order valence-electron chi connectivity index (χ3n) is 6.03. The van der Waals surface area contributed by atoms with Crippen molar-refractivity contribution in [2.75, 3.05) is 72.0 Å². The number of amides is 1. The van der Waals surface area contributed by atoms with Gasteiger partial charge < -0.3 is 24.6 Å². The predicted octanol–water partition coefficient (Wildman–Crippen LogP) is 3.27. The summed E-state index contributed by atoms with van der Waals surface area (Å²) < 4.78 is 11.3. The molecule has 2 aromatic rings. The molecule has 1 amide bonds. The summed E-state index contributed by atoms with van der Waals surface area (Å²) in [5.41, 5.74) is 2.95. The topological polar surface area (TPSA) is 57.3 Å². The molecule has 0 aromatic heterocycles. The molecule has 0 spiro atoms. The van der Waals surface area contributed by atoms with Crippen LogP contribution in [-0.4, -0.2) is 82.8 Å². The fourth-order valence-electron chi connectivity index (χ4n) is 4.07. The molecule has 3 rings (SSSR count). The first-order valence-corrected chi connectivity index (χ1v) is 11.8. The van der Waals surface area contributed by atoms with E-state index in [1.807, 2.05) is 27.9 Å². The molecule has 180 valence electrons. The van der Waals surface area contributed by atoms with Gasteiger partial charge >= 0.3 is 0 Å². The number of carbonyl (C=O) groups excluding carboxylic acids is 1. The molecular formula is C26H38N4O3. The van der Waals surface area contributed by atoms with Crippen molar-refractivity contribution in [3.63, 3.8) is 0 Å². The SMILES string of the molecule is CCOc1ccc(C(=O)NCC(c2ccc(N(C)C)cc2)N2CCN(C)CC2)cc1OCC. The Hall–Kier alpha value is -2.77. The lowest BCUT2D eigenvalue weighted by atomic mass is 10.0. The Morgan fingerprint density at radius 2 is 1.61 bits per heavy atom. The molecule has 1 saturated heterocycles. The number of carbonyl (C=O) groups is 1. The van der Waals surface area contributed by atoms with E-state index in [1.165, 1.54) is 5.56 Å². The van der Waals surface area contributed by atoms with Gasteiger partial charge in [0, 0.05) is 58.1 Å². The van der Waals surface area contributed by atoms with Gasteiger partial charge in [0.15, 0.2) is 11.5 Å². The first-order chi connectivity index (χ1) is 15.9. The third-order valence-corrected chi connectivity index (χ3v) is 6.03. The molecule has 1 aliphatic heterocycles. The maximum atomic E-state index is 13.0. The molecule has 0 aliphatic carbocycles. The number of ether oxygens (including phenoxy) is 2. The molecule has 1 atom stereocenters. The van der Waals surface area contributed by atoms with Gasteiger partial charge in [0.25, 0.3) is 5.91 Å². The highest BCUT2D eigenvalue weighted by Crippen LogP contribution is 2.29. The highest BCUT2D eigenvalue weighted by Gasteiger charge is 2.25. The van der Waals surface area contributed by atoms with E-state index < -0.39 is 0 Å². The average Bonchev–Trinajstić information content (AvgIpc) is 2.82. The van der Waals surface area contributed by atoms with E-state index in [-0.39, 0.29) is 11.9 Å². The standard InChI is InChI=1S/C26H38N4O3/c1-6-32-24-13-10-21(18-25(24)33-7-2)26(31)27-19-23(30-16-14-29(5)15-17-30)20-8-11-22(12-9-20)28(3)4/h8-13,18,23H,6-7,14-17,19H2,1-5H3,(H,27,31). The van der Waals surface area contributed by atoms with Gasteiger partial charge in [-0.05, 0) is 56.8 Å². The first-order valence-electron chi connectivity index (χ1n) is 11.8. The zero-order chi connectivity index (χ0) is 23.8. The fraction of sp³-hybridized carbons (Fsp3) is 0.500. The quantitative estimate of drug-likeness (QED) is 0.595. The molecule has 7 heteroatoms. The summed E-state index contributed by atoms with van der Waals surface area (Å²) in [6, 6.07) is 14.1. The number of piperazine rings is 1. The monoisotopic (exact) mass is 454 g/mol. The number of hydrogen-bond acceptors (Lipinski definition) is 6. The van der Waals surface area contributed by atoms with Crippen molar-refractivity contribution in [3.05, 3.63) is 53.6 Å². The van der Waals surface area contributed by atoms with Gasteiger partial charge in [-0.3, -0.25) is 9.69 Å². The number of nitrogens with zero attached hydrogens (tertiary/aromatic N) is 3. The predicted molar refractivity (Wildman–Crippen MR) is 134 cm³/mol. The van der Waals surface area contributed by atoms with Crippen LogP contribution in [0.1, 0.15) is 35.8 Å². The van der Waals surface area contributed by atoms with Crippen molar-refractivity contribution in [2.24, 2.45) is 0 Å². The van der Waals surface area contributed by atoms with Gasteiger partial charge in [-0.1, -0.05) is 12.1 Å². The Morgan fingerprint density at radius 3 is 2.21 bits per heavy atom. The van der Waals surface area contributed by atoms with Crippen LogP contribution in [0, 0.1) is 0 Å². The van der Waals surface area contributed by atoms with E-state index in [9.17, 15) is 4.79 Å². The summed E-state index contributed by atoms with van der Waals surface area (Å²) in [4.78, 5) is 19.9. The van der Waals surface area contributed by atoms with Crippen LogP contribution in [0.3, 0.4) is 0 Å². The summed E-state index contributed by atoms with van der Waals surface area (Å²) in [7, 11) is 6.24. The van der Waals surface area contributed by atoms with Gasteiger partial charge in [0.05, 0.1) is 19.3 Å². The first kappa shape index (κ1) is 24.9. The Kier molecular flexibility index (Phi) is 8.97. The minimum absolute atomic E-state index is 0.108. The lowest BCUT2D eigenvalue weighted by Gasteiger charge is -2.38. The second-order valence-corrected chi connectivity index (χ2v) is 8.58. The van der Waals surface area contributed by atoms with Crippen molar-refractivity contribution in [3.8, 4) is 11.5 Å². The zero-order valence-electron chi connectivity index (χ0n) is 20.6. The maximum absolute atomic E-state index is 13.0. The van der Waals surface area contributed by atoms with Gasteiger partial charge in [-0.15, -0.1) is 0 Å². The lowest BCUT2D eigenvalue weighted by Crippen LogP contribution is -2.48. The number of likely N-dealkylation sites (N-methyl/N-ethyl adjacent to an activating group) is 1. The minimum Gasteiger partial charge on any atom is -0.490 e. The summed E-state index contributed by atoms with van der Waals surface area (Å²) in [5, 5.41) is 3.16. The average molecular weight is 455 g/mol. The zero-order valence-corrected chi connectivity index (χ0v) is 20.6. The number of anilines is 1. The molecule has 33 heavy (non-hydrogen) atoms. The molecule has 1 heterocycles. The van der Waals surface area contributed by atoms with Crippen LogP contribution in [-0.2, 0) is 0 Å². The van der Waals surface area contributed by atoms with Crippen LogP contribution in [0.15, 0.2) is 42.5 Å². The van der Waals surface area contributed by atoms with Crippen molar-refractivity contribution >= 4 is 11.6 Å². The lowest BCUT2D eigenvalue weighted by molar-refractivity contribution is 0.0886. The third kappa shape index (κ3) is 6.62. The summed E-state index contributed by atoms with van der Waals surface area (Å²) in [6.45, 7) is 9.46. The van der Waals surface area contributed by atoms with Gasteiger partial charge in [0.1, 0.15) is 0 Å². The number of benzene rings is 2. The molecule has 0 saturated carbocycles. The normalized spacial score (nSPS) is 15.7. The molecule has 1 aliphatic rings. The van der Waals surface area contributed by atoms with Crippen LogP contribution in [0.25, 0.3) is 0 Å². The molecule has 1 unspecified atom stereocenters. The molecule has 0 radical (unpaired) electrons. The maximum Gasteiger partial charge on any atom is 0.251 e. The van der Waals surface area contributed by atoms with Crippen LogP contribution in [0.2, 0.25) is 0 Å². The summed E-state index contributed by atoms with van der Waals surface area (Å²) in [6.07, 6.45) is 0. The molecule has 1 N–H and O–H groups in total. The van der Waals surface area contributed by atoms with Crippen molar-refractivity contribution in [2.45, 2.75) is 19.9 Å². The largest absolute Gasteiger partial charge is 0.490 e. The van der Waals surface area contributed by atoms with E-state index in [1.54, 1.807) is 18.2 Å². The van der Waals surface area contributed by atoms with Crippen LogP contribution in [0.4, 0.5) is 5.69 Å². The smallest absolute Gasteiger partial charge is 0.251 e. The Balaban J connectivity index is 1.75. The van der Waals surface area contributed by atoms with Gasteiger partial charge in [0.2, 0.25) is 0 Å². The summed E-state index contributed by atoms with van der Waals surface area (Å²) in [5.74, 6) is 1.15. The molecule has 1 fully saturated rings. The number of hydrogen-bond donors (Lipinski definition) is 1. The van der Waals surface area contributed by atoms with Crippen molar-refractivity contribution in [1.29, 1.82) is 0 Å². The number of rotatable bonds is 10. The molecule has 0 bridgehead atoms. The van der Waals surface area contributed by atoms with Crippen molar-refractivity contribution < 1.29 is 14.3 Å². The molecule has 2 aromatic carbocycles. The van der Waals surface area contributed by atoms with Gasteiger partial charge in [-0.25, -0.2) is 0 Å². The van der Waals surface area contributed by atoms with E-state index in [2.05, 4.69) is 51.3 Å². The Morgan fingerprint density at radius 1 is 0.970 bits per heavy atom. The van der Waals surface area contributed by atoms with Crippen LogP contribution < -0.4 is 19.7 Å². The number of nitrogens with one attached hydrogen (secondary N) is 1. The second-order valence-electron chi connectivity index (χ2n) is 8.58. The van der Waals surface area contributed by atoms with Crippen molar-refractivity contribution in [1.82, 2.24) is 15.1 Å². The Bertz CT molecular complexity index is 893. The highest BCUT2D eigenvalue weighted by molar-refractivity contribution is 5.94. The fourth-order valence-corrected chi connectivity index (χ4v) is 4.07. The minimum atomic E-state index is -0.108. The van der Waals surface area contributed by atoms with E-state index in [4.69, 9.17) is 9.47 Å². The van der Waals surface area contributed by atoms with E-state index in [0.717, 1.165) is 31.9 Å². The van der Waals surface area contributed by atoms with Crippen LogP contribution >= 0.6 is 0 Å².